The predicted molar refractivity (Wildman–Crippen MR) is 111 cm³/mol. The molecule has 2 aliphatic rings. The van der Waals surface area contributed by atoms with E-state index in [0.717, 1.165) is 49.9 Å². The summed E-state index contributed by atoms with van der Waals surface area (Å²) in [5.74, 6) is 0.178. The third kappa shape index (κ3) is 4.42. The molecular weight excluding hydrogens is 374 g/mol. The molecule has 0 N–H and O–H groups in total. The van der Waals surface area contributed by atoms with Gasteiger partial charge in [-0.1, -0.05) is 25.5 Å². The Bertz CT molecular complexity index is 799. The number of piperazine rings is 1. The van der Waals surface area contributed by atoms with E-state index in [2.05, 4.69) is 11.8 Å². The molecule has 1 unspecified atom stereocenters. The van der Waals surface area contributed by atoms with Gasteiger partial charge in [0.25, 0.3) is 0 Å². The van der Waals surface area contributed by atoms with Crippen molar-refractivity contribution in [2.45, 2.75) is 57.4 Å². The number of benzene rings is 1. The van der Waals surface area contributed by atoms with Crippen LogP contribution in [0.3, 0.4) is 0 Å². The second kappa shape index (κ2) is 8.93. The van der Waals surface area contributed by atoms with Gasteiger partial charge in [-0.05, 0) is 63.4 Å². The van der Waals surface area contributed by atoms with Crippen molar-refractivity contribution in [3.63, 3.8) is 0 Å². The maximum Gasteiger partial charge on any atom is 0.243 e. The fraction of sp³-hybridized carbons (Fsp3) is 0.667. The highest BCUT2D eigenvalue weighted by atomic mass is 32.2. The molecule has 28 heavy (non-hydrogen) atoms. The number of piperidine rings is 1. The van der Waals surface area contributed by atoms with Gasteiger partial charge in [-0.15, -0.1) is 0 Å². The highest BCUT2D eigenvalue weighted by Crippen LogP contribution is 2.24. The van der Waals surface area contributed by atoms with Crippen LogP contribution in [-0.2, 0) is 14.8 Å². The second-order valence-corrected chi connectivity index (χ2v) is 9.95. The first-order chi connectivity index (χ1) is 13.3. The average Bonchev–Trinajstić information content (AvgIpc) is 2.70. The maximum absolute atomic E-state index is 13.1. The molecule has 0 saturated carbocycles. The molecule has 0 aliphatic carbocycles. The lowest BCUT2D eigenvalue weighted by molar-refractivity contribution is -0.139. The van der Waals surface area contributed by atoms with Gasteiger partial charge in [0, 0.05) is 26.2 Å². The molecule has 0 bridgehead atoms. The van der Waals surface area contributed by atoms with E-state index in [-0.39, 0.29) is 11.9 Å². The number of nitrogens with zero attached hydrogens (tertiary/aromatic N) is 3. The molecule has 1 atom stereocenters. The van der Waals surface area contributed by atoms with Crippen LogP contribution in [0.4, 0.5) is 0 Å². The summed E-state index contributed by atoms with van der Waals surface area (Å²) in [6.45, 7) is 9.50. The van der Waals surface area contributed by atoms with Gasteiger partial charge in [0.1, 0.15) is 0 Å². The zero-order valence-electron chi connectivity index (χ0n) is 17.4. The summed E-state index contributed by atoms with van der Waals surface area (Å²) in [5.41, 5.74) is 1.70. The molecule has 2 heterocycles. The molecular formula is C21H33N3O3S. The van der Waals surface area contributed by atoms with E-state index in [1.165, 1.54) is 4.31 Å². The Morgan fingerprint density at radius 2 is 1.79 bits per heavy atom. The van der Waals surface area contributed by atoms with Crippen molar-refractivity contribution < 1.29 is 13.2 Å². The molecule has 7 heteroatoms. The average molecular weight is 408 g/mol. The van der Waals surface area contributed by atoms with E-state index in [1.54, 1.807) is 6.07 Å². The fourth-order valence-electron chi connectivity index (χ4n) is 4.31. The summed E-state index contributed by atoms with van der Waals surface area (Å²) < 4.78 is 27.7. The first kappa shape index (κ1) is 21.3. The van der Waals surface area contributed by atoms with E-state index in [4.69, 9.17) is 0 Å². The van der Waals surface area contributed by atoms with Crippen LogP contribution >= 0.6 is 0 Å². The molecule has 1 aromatic rings. The molecule has 2 aliphatic heterocycles. The molecule has 3 rings (SSSR count). The van der Waals surface area contributed by atoms with Crippen LogP contribution in [0.15, 0.2) is 23.1 Å². The summed E-state index contributed by atoms with van der Waals surface area (Å²) in [6.07, 6.45) is 4.22. The number of carbonyl (C=O) groups is 1. The lowest BCUT2D eigenvalue weighted by atomic mass is 10.0. The Kier molecular flexibility index (Phi) is 6.78. The van der Waals surface area contributed by atoms with Gasteiger partial charge in [0.15, 0.2) is 0 Å². The quantitative estimate of drug-likeness (QED) is 0.752. The zero-order valence-corrected chi connectivity index (χ0v) is 18.2. The molecule has 0 aromatic heterocycles. The first-order valence-corrected chi connectivity index (χ1v) is 11.9. The van der Waals surface area contributed by atoms with Crippen LogP contribution in [0.2, 0.25) is 0 Å². The van der Waals surface area contributed by atoms with Crippen molar-refractivity contribution in [2.75, 3.05) is 39.3 Å². The van der Waals surface area contributed by atoms with Gasteiger partial charge in [-0.25, -0.2) is 8.42 Å². The summed E-state index contributed by atoms with van der Waals surface area (Å²) in [7, 11) is -3.52. The number of carbonyl (C=O) groups excluding carboxylic acids is 1. The van der Waals surface area contributed by atoms with E-state index in [1.807, 2.05) is 30.9 Å². The zero-order chi connectivity index (χ0) is 20.3. The normalized spacial score (nSPS) is 22.4. The third-order valence-corrected chi connectivity index (χ3v) is 7.96. The van der Waals surface area contributed by atoms with Crippen molar-refractivity contribution in [2.24, 2.45) is 0 Å². The van der Waals surface area contributed by atoms with Crippen molar-refractivity contribution in [3.05, 3.63) is 29.3 Å². The Labute approximate surface area is 169 Å². The minimum Gasteiger partial charge on any atom is -0.339 e. The summed E-state index contributed by atoms with van der Waals surface area (Å²) >= 11 is 0. The molecule has 0 spiro atoms. The van der Waals surface area contributed by atoms with Gasteiger partial charge >= 0.3 is 0 Å². The third-order valence-electron chi connectivity index (χ3n) is 5.92. The molecule has 1 aromatic carbocycles. The SMILES string of the molecule is CCCN1CCCCC1C(=O)N1CCN(S(=O)(=O)c2cc(C)ccc2C)CC1. The van der Waals surface area contributed by atoms with Crippen molar-refractivity contribution in [1.29, 1.82) is 0 Å². The standard InChI is InChI=1S/C21H33N3O3S/c1-4-10-22-11-6-5-7-19(22)21(25)23-12-14-24(15-13-23)28(26,27)20-16-17(2)8-9-18(20)3/h8-9,16,19H,4-7,10-15H2,1-3H3. The number of hydrogen-bond acceptors (Lipinski definition) is 4. The Hall–Kier alpha value is -1.44. The second-order valence-electron chi connectivity index (χ2n) is 8.05. The summed E-state index contributed by atoms with van der Waals surface area (Å²) in [5, 5.41) is 0. The van der Waals surface area contributed by atoms with Gasteiger partial charge < -0.3 is 4.90 Å². The lowest BCUT2D eigenvalue weighted by Gasteiger charge is -2.40. The van der Waals surface area contributed by atoms with E-state index in [0.29, 0.717) is 31.1 Å². The largest absolute Gasteiger partial charge is 0.339 e. The highest BCUT2D eigenvalue weighted by molar-refractivity contribution is 7.89. The van der Waals surface area contributed by atoms with Crippen molar-refractivity contribution >= 4 is 15.9 Å². The van der Waals surface area contributed by atoms with E-state index < -0.39 is 10.0 Å². The van der Waals surface area contributed by atoms with E-state index in [9.17, 15) is 13.2 Å². The highest BCUT2D eigenvalue weighted by Gasteiger charge is 2.35. The smallest absolute Gasteiger partial charge is 0.243 e. The number of rotatable bonds is 5. The molecule has 0 radical (unpaired) electrons. The number of aryl methyl sites for hydroxylation is 2. The molecule has 156 valence electrons. The van der Waals surface area contributed by atoms with Crippen LogP contribution in [0.25, 0.3) is 0 Å². The van der Waals surface area contributed by atoms with Crippen LogP contribution in [0.5, 0.6) is 0 Å². The number of likely N-dealkylation sites (tertiary alicyclic amines) is 1. The van der Waals surface area contributed by atoms with Crippen LogP contribution < -0.4 is 0 Å². The minimum absolute atomic E-state index is 0.0316. The number of hydrogen-bond donors (Lipinski definition) is 0. The molecule has 6 nitrogen and oxygen atoms in total. The maximum atomic E-state index is 13.1. The van der Waals surface area contributed by atoms with Crippen LogP contribution in [0.1, 0.15) is 43.7 Å². The summed E-state index contributed by atoms with van der Waals surface area (Å²) in [6, 6.07) is 5.49. The van der Waals surface area contributed by atoms with Gasteiger partial charge in [-0.3, -0.25) is 9.69 Å². The fourth-order valence-corrected chi connectivity index (χ4v) is 6.04. The Morgan fingerprint density at radius 3 is 2.46 bits per heavy atom. The summed E-state index contributed by atoms with van der Waals surface area (Å²) in [4.78, 5) is 17.6. The van der Waals surface area contributed by atoms with Gasteiger partial charge in [-0.2, -0.15) is 4.31 Å². The van der Waals surface area contributed by atoms with E-state index >= 15 is 0 Å². The van der Waals surface area contributed by atoms with Gasteiger partial charge in [0.05, 0.1) is 10.9 Å². The monoisotopic (exact) mass is 407 g/mol. The topological polar surface area (TPSA) is 60.9 Å². The van der Waals surface area contributed by atoms with Crippen LogP contribution in [0, 0.1) is 13.8 Å². The molecule has 1 amide bonds. The minimum atomic E-state index is -3.52. The lowest BCUT2D eigenvalue weighted by Crippen LogP contribution is -2.56. The van der Waals surface area contributed by atoms with Gasteiger partial charge in [0.2, 0.25) is 15.9 Å². The van der Waals surface area contributed by atoms with Crippen LogP contribution in [-0.4, -0.2) is 73.7 Å². The predicted octanol–water partition coefficient (Wildman–Crippen LogP) is 2.40. The number of amides is 1. The Morgan fingerprint density at radius 1 is 1.07 bits per heavy atom. The Balaban J connectivity index is 1.66. The molecule has 2 fully saturated rings. The van der Waals surface area contributed by atoms with Crippen molar-refractivity contribution in [3.8, 4) is 0 Å². The first-order valence-electron chi connectivity index (χ1n) is 10.4. The molecule has 2 saturated heterocycles. The number of sulfonamides is 1. The van der Waals surface area contributed by atoms with Crippen molar-refractivity contribution in [1.82, 2.24) is 14.1 Å².